The van der Waals surface area contributed by atoms with Crippen LogP contribution in [0.25, 0.3) is 0 Å². The van der Waals surface area contributed by atoms with Crippen molar-refractivity contribution in [3.05, 3.63) is 131 Å². The van der Waals surface area contributed by atoms with Crippen LogP contribution in [-0.2, 0) is 11.3 Å². The summed E-state index contributed by atoms with van der Waals surface area (Å²) in [4.78, 5) is 24.1. The topological polar surface area (TPSA) is 106 Å². The zero-order valence-electron chi connectivity index (χ0n) is 27.1. The van der Waals surface area contributed by atoms with E-state index in [-0.39, 0.29) is 36.0 Å². The van der Waals surface area contributed by atoms with Crippen LogP contribution >= 0.6 is 11.8 Å². The monoisotopic (exact) mass is 692 g/mol. The summed E-state index contributed by atoms with van der Waals surface area (Å²) in [5, 5.41) is 9.47. The highest BCUT2D eigenvalue weighted by atomic mass is 32.2. The van der Waals surface area contributed by atoms with Gasteiger partial charge < -0.3 is 23.8 Å². The van der Waals surface area contributed by atoms with Crippen molar-refractivity contribution < 1.29 is 32.5 Å². The average molecular weight is 693 g/mol. The molecule has 50 heavy (non-hydrogen) atoms. The third kappa shape index (κ3) is 7.85. The Morgan fingerprint density at radius 3 is 2.42 bits per heavy atom. The lowest BCUT2D eigenvalue weighted by Gasteiger charge is -2.19. The molecule has 5 aromatic rings. The van der Waals surface area contributed by atoms with E-state index in [9.17, 15) is 10.1 Å². The molecule has 0 saturated heterocycles. The van der Waals surface area contributed by atoms with Gasteiger partial charge in [0.2, 0.25) is 11.6 Å². The van der Waals surface area contributed by atoms with Crippen molar-refractivity contribution in [2.45, 2.75) is 23.3 Å². The SMILES string of the molecule is CCOC(=O)c1ccc(Sc2ccc(Oc3c(F)cnc(Oc4cc(C#N)ccc4OCc4ccccc4)c3F)c(C3=NCCN3C)c2)cc1. The third-order valence-electron chi connectivity index (χ3n) is 7.48. The molecule has 2 heterocycles. The van der Waals surface area contributed by atoms with Gasteiger partial charge in [-0.15, -0.1) is 0 Å². The maximum Gasteiger partial charge on any atom is 0.338 e. The molecule has 6 rings (SSSR count). The second-order valence-electron chi connectivity index (χ2n) is 10.9. The molecular formula is C38H30F2N4O5S. The molecule has 1 aromatic heterocycles. The Hall–Kier alpha value is -5.93. The van der Waals surface area contributed by atoms with Gasteiger partial charge in [0, 0.05) is 29.4 Å². The number of aliphatic imine (C=N–C) groups is 1. The number of nitriles is 1. The summed E-state index contributed by atoms with van der Waals surface area (Å²) in [7, 11) is 1.87. The highest BCUT2D eigenvalue weighted by Crippen LogP contribution is 2.40. The Labute approximate surface area is 291 Å². The lowest BCUT2D eigenvalue weighted by Crippen LogP contribution is -2.24. The molecule has 0 fully saturated rings. The lowest BCUT2D eigenvalue weighted by atomic mass is 10.1. The van der Waals surface area contributed by atoms with Crippen molar-refractivity contribution in [3.8, 4) is 34.9 Å². The first-order valence-electron chi connectivity index (χ1n) is 15.6. The first-order chi connectivity index (χ1) is 24.3. The summed E-state index contributed by atoms with van der Waals surface area (Å²) >= 11 is 1.43. The van der Waals surface area contributed by atoms with E-state index < -0.39 is 29.2 Å². The van der Waals surface area contributed by atoms with E-state index >= 15 is 8.78 Å². The summed E-state index contributed by atoms with van der Waals surface area (Å²) in [5.41, 5.74) is 2.09. The van der Waals surface area contributed by atoms with Crippen molar-refractivity contribution >= 4 is 23.6 Å². The molecule has 9 nitrogen and oxygen atoms in total. The van der Waals surface area contributed by atoms with Crippen LogP contribution in [0.3, 0.4) is 0 Å². The molecule has 4 aromatic carbocycles. The van der Waals surface area contributed by atoms with E-state index in [1.54, 1.807) is 37.3 Å². The van der Waals surface area contributed by atoms with Crippen molar-refractivity contribution in [2.75, 3.05) is 26.7 Å². The quantitative estimate of drug-likeness (QED) is 0.119. The molecular weight excluding hydrogens is 663 g/mol. The van der Waals surface area contributed by atoms with Gasteiger partial charge in [0.15, 0.2) is 17.3 Å². The van der Waals surface area contributed by atoms with Crippen molar-refractivity contribution in [2.24, 2.45) is 4.99 Å². The van der Waals surface area contributed by atoms with Gasteiger partial charge in [-0.2, -0.15) is 9.65 Å². The van der Waals surface area contributed by atoms with Gasteiger partial charge in [-0.25, -0.2) is 14.2 Å². The van der Waals surface area contributed by atoms with E-state index in [0.717, 1.165) is 21.6 Å². The zero-order valence-corrected chi connectivity index (χ0v) is 27.9. The van der Waals surface area contributed by atoms with E-state index in [2.05, 4.69) is 9.98 Å². The molecule has 12 heteroatoms. The minimum atomic E-state index is -1.19. The second-order valence-corrected chi connectivity index (χ2v) is 12.1. The van der Waals surface area contributed by atoms with Crippen molar-refractivity contribution in [1.29, 1.82) is 5.26 Å². The molecule has 0 spiro atoms. The van der Waals surface area contributed by atoms with Gasteiger partial charge in [-0.1, -0.05) is 42.1 Å². The van der Waals surface area contributed by atoms with E-state index in [0.29, 0.717) is 30.1 Å². The van der Waals surface area contributed by atoms with Gasteiger partial charge in [-0.05, 0) is 67.1 Å². The minimum absolute atomic E-state index is 0.0169. The summed E-state index contributed by atoms with van der Waals surface area (Å²) in [6.07, 6.45) is 0.801. The fourth-order valence-electron chi connectivity index (χ4n) is 4.99. The Balaban J connectivity index is 1.28. The molecule has 0 atom stereocenters. The molecule has 0 amide bonds. The normalized spacial score (nSPS) is 12.2. The van der Waals surface area contributed by atoms with Crippen LogP contribution in [0.15, 0.2) is 112 Å². The molecule has 0 radical (unpaired) electrons. The Morgan fingerprint density at radius 2 is 1.70 bits per heavy atom. The summed E-state index contributed by atoms with van der Waals surface area (Å²) in [5.74, 6) is -2.92. The van der Waals surface area contributed by atoms with Crippen LogP contribution in [0.1, 0.15) is 34.0 Å². The number of hydrogen-bond donors (Lipinski definition) is 0. The predicted octanol–water partition coefficient (Wildman–Crippen LogP) is 8.41. The number of aromatic nitrogens is 1. The molecule has 0 unspecified atom stereocenters. The first kappa shape index (κ1) is 34.0. The highest BCUT2D eigenvalue weighted by molar-refractivity contribution is 7.99. The fourth-order valence-corrected chi connectivity index (χ4v) is 5.85. The number of carbonyl (C=O) groups excluding carboxylic acids is 1. The average Bonchev–Trinajstić information content (AvgIpc) is 3.57. The van der Waals surface area contributed by atoms with Gasteiger partial charge in [0.05, 0.1) is 42.1 Å². The number of hydrogen-bond acceptors (Lipinski definition) is 10. The number of ether oxygens (including phenoxy) is 4. The predicted molar refractivity (Wildman–Crippen MR) is 183 cm³/mol. The molecule has 0 bridgehead atoms. The largest absolute Gasteiger partial charge is 0.485 e. The number of pyridine rings is 1. The standard InChI is InChI=1S/C38H30F2N4O5S/c1-3-46-38(45)26-10-12-27(13-11-26)50-28-14-16-31(29(20-28)36-42-17-18-44(36)2)48-35-30(39)22-43-37(34(35)40)49-33-19-25(21-41)9-15-32(33)47-23-24-7-5-4-6-8-24/h4-16,19-20,22H,3,17-18,23H2,1-2H3. The summed E-state index contributed by atoms with van der Waals surface area (Å²) < 4.78 is 54.0. The second kappa shape index (κ2) is 15.5. The number of benzene rings is 4. The smallest absolute Gasteiger partial charge is 0.338 e. The number of halogens is 2. The summed E-state index contributed by atoms with van der Waals surface area (Å²) in [6.45, 7) is 3.43. The fraction of sp³-hybridized carbons (Fsp3) is 0.158. The summed E-state index contributed by atoms with van der Waals surface area (Å²) in [6, 6.07) is 28.1. The minimum Gasteiger partial charge on any atom is -0.485 e. The van der Waals surface area contributed by atoms with Gasteiger partial charge in [0.1, 0.15) is 18.2 Å². The molecule has 0 N–H and O–H groups in total. The van der Waals surface area contributed by atoms with E-state index in [1.165, 1.54) is 23.9 Å². The number of amidine groups is 1. The van der Waals surface area contributed by atoms with E-state index in [1.807, 2.05) is 66.5 Å². The number of carbonyl (C=O) groups is 1. The number of likely N-dealkylation sites (N-methyl/N-ethyl adjacent to an activating group) is 1. The molecule has 252 valence electrons. The van der Waals surface area contributed by atoms with Crippen LogP contribution < -0.4 is 14.2 Å². The molecule has 1 aliphatic rings. The zero-order chi connectivity index (χ0) is 35.0. The van der Waals surface area contributed by atoms with Crippen LogP contribution in [0.2, 0.25) is 0 Å². The molecule has 1 aliphatic heterocycles. The number of rotatable bonds is 12. The van der Waals surface area contributed by atoms with Crippen LogP contribution in [0.5, 0.6) is 28.9 Å². The molecule has 0 aliphatic carbocycles. The Kier molecular flexibility index (Phi) is 10.5. The third-order valence-corrected chi connectivity index (χ3v) is 8.48. The van der Waals surface area contributed by atoms with Gasteiger partial charge >= 0.3 is 5.97 Å². The molecule has 0 saturated carbocycles. The number of nitrogens with zero attached hydrogens (tertiary/aromatic N) is 4. The van der Waals surface area contributed by atoms with Crippen molar-refractivity contribution in [3.63, 3.8) is 0 Å². The van der Waals surface area contributed by atoms with Crippen LogP contribution in [0.4, 0.5) is 8.78 Å². The van der Waals surface area contributed by atoms with Gasteiger partial charge in [-0.3, -0.25) is 4.99 Å². The van der Waals surface area contributed by atoms with Gasteiger partial charge in [0.25, 0.3) is 5.88 Å². The van der Waals surface area contributed by atoms with Crippen LogP contribution in [-0.4, -0.2) is 48.4 Å². The Morgan fingerprint density at radius 1 is 0.940 bits per heavy atom. The Bertz CT molecular complexity index is 2090. The van der Waals surface area contributed by atoms with E-state index in [4.69, 9.17) is 18.9 Å². The highest BCUT2D eigenvalue weighted by Gasteiger charge is 2.25. The first-order valence-corrected chi connectivity index (χ1v) is 16.4. The number of esters is 1. The lowest BCUT2D eigenvalue weighted by molar-refractivity contribution is 0.0526. The van der Waals surface area contributed by atoms with Crippen LogP contribution in [0, 0.1) is 23.0 Å². The maximum atomic E-state index is 16.0. The maximum absolute atomic E-state index is 16.0. The van der Waals surface area contributed by atoms with Crippen molar-refractivity contribution in [1.82, 2.24) is 9.88 Å².